The summed E-state index contributed by atoms with van der Waals surface area (Å²) >= 11 is 0. The summed E-state index contributed by atoms with van der Waals surface area (Å²) in [7, 11) is 0. The van der Waals surface area contributed by atoms with E-state index < -0.39 is 5.60 Å². The summed E-state index contributed by atoms with van der Waals surface area (Å²) in [5.74, 6) is 0.705. The molecule has 0 unspecified atom stereocenters. The maximum atomic E-state index is 12.2. The fourth-order valence-corrected chi connectivity index (χ4v) is 3.45. The molecule has 0 spiro atoms. The Morgan fingerprint density at radius 1 is 1.33 bits per heavy atom. The third-order valence-corrected chi connectivity index (χ3v) is 4.58. The molecule has 0 saturated carbocycles. The molecule has 2 aliphatic rings. The van der Waals surface area contributed by atoms with Gasteiger partial charge >= 0.3 is 6.09 Å². The number of nitrogens with zero attached hydrogens (tertiary/aromatic N) is 2. The lowest BCUT2D eigenvalue weighted by molar-refractivity contribution is -0.385. The molecule has 1 aromatic carbocycles. The van der Waals surface area contributed by atoms with Crippen LogP contribution in [0.2, 0.25) is 0 Å². The van der Waals surface area contributed by atoms with Crippen LogP contribution in [0.4, 0.5) is 10.5 Å². The molecule has 0 aromatic heterocycles. The van der Waals surface area contributed by atoms with Gasteiger partial charge in [0, 0.05) is 31.1 Å². The Bertz CT molecular complexity index is 820. The van der Waals surface area contributed by atoms with Gasteiger partial charge in [-0.15, -0.1) is 0 Å². The Morgan fingerprint density at radius 3 is 2.59 bits per heavy atom. The fraction of sp³-hybridized carbons (Fsp3) is 0.550. The van der Waals surface area contributed by atoms with Crippen molar-refractivity contribution in [3.8, 4) is 5.75 Å². The standard InChI is InChI=1S/C20H26N2O5/c1-19(2,3)27-18(23)21-8-6-13(7-9-21)15-11-17-14(10-16(15)22(24)25)12-20(4,5)26-17/h6,10-11H,7-9,12H2,1-5H3. The molecule has 1 aromatic rings. The number of nitro groups is 1. The van der Waals surface area contributed by atoms with E-state index in [9.17, 15) is 14.9 Å². The van der Waals surface area contributed by atoms with E-state index in [-0.39, 0.29) is 22.3 Å². The van der Waals surface area contributed by atoms with Crippen molar-refractivity contribution in [2.45, 2.75) is 58.7 Å². The maximum absolute atomic E-state index is 12.2. The predicted octanol–water partition coefficient (Wildman–Crippen LogP) is 4.33. The van der Waals surface area contributed by atoms with Crippen LogP contribution in [0.3, 0.4) is 0 Å². The molecule has 7 heteroatoms. The van der Waals surface area contributed by atoms with Crippen molar-refractivity contribution in [3.05, 3.63) is 39.4 Å². The third kappa shape index (κ3) is 4.23. The van der Waals surface area contributed by atoms with Gasteiger partial charge in [-0.2, -0.15) is 0 Å². The number of amides is 1. The summed E-state index contributed by atoms with van der Waals surface area (Å²) in [5.41, 5.74) is 1.47. The zero-order valence-corrected chi connectivity index (χ0v) is 16.5. The average Bonchev–Trinajstić information content (AvgIpc) is 2.85. The van der Waals surface area contributed by atoms with Gasteiger partial charge in [0.2, 0.25) is 0 Å². The van der Waals surface area contributed by atoms with E-state index in [4.69, 9.17) is 9.47 Å². The minimum Gasteiger partial charge on any atom is -0.487 e. The first-order chi connectivity index (χ1) is 12.5. The summed E-state index contributed by atoms with van der Waals surface area (Å²) < 4.78 is 11.3. The molecule has 0 N–H and O–H groups in total. The van der Waals surface area contributed by atoms with Crippen LogP contribution in [0.15, 0.2) is 18.2 Å². The van der Waals surface area contributed by atoms with Crippen LogP contribution in [0.1, 0.15) is 52.2 Å². The van der Waals surface area contributed by atoms with Crippen molar-refractivity contribution in [2.24, 2.45) is 0 Å². The number of rotatable bonds is 2. The van der Waals surface area contributed by atoms with Crippen LogP contribution in [-0.4, -0.2) is 40.2 Å². The number of ether oxygens (including phenoxy) is 2. The van der Waals surface area contributed by atoms with E-state index in [1.807, 2.05) is 40.7 Å². The summed E-state index contributed by atoms with van der Waals surface area (Å²) in [6.45, 7) is 10.2. The number of nitro benzene ring substituents is 1. The van der Waals surface area contributed by atoms with E-state index >= 15 is 0 Å². The molecule has 0 atom stereocenters. The Labute approximate surface area is 159 Å². The monoisotopic (exact) mass is 374 g/mol. The molecule has 7 nitrogen and oxygen atoms in total. The lowest BCUT2D eigenvalue weighted by Gasteiger charge is -2.29. The Morgan fingerprint density at radius 2 is 2.04 bits per heavy atom. The Balaban J connectivity index is 1.85. The van der Waals surface area contributed by atoms with Gasteiger partial charge in [-0.1, -0.05) is 6.08 Å². The van der Waals surface area contributed by atoms with E-state index in [2.05, 4.69) is 0 Å². The quantitative estimate of drug-likeness (QED) is 0.568. The molecular weight excluding hydrogens is 348 g/mol. The van der Waals surface area contributed by atoms with Crippen LogP contribution < -0.4 is 4.74 Å². The van der Waals surface area contributed by atoms with Crippen LogP contribution in [0.5, 0.6) is 5.75 Å². The zero-order chi connectivity index (χ0) is 20.0. The third-order valence-electron chi connectivity index (χ3n) is 4.58. The molecule has 0 fully saturated rings. The van der Waals surface area contributed by atoms with Gasteiger partial charge in [-0.05, 0) is 52.7 Å². The molecule has 3 rings (SSSR count). The second-order valence-corrected chi connectivity index (χ2v) is 8.68. The van der Waals surface area contributed by atoms with E-state index in [1.165, 1.54) is 0 Å². The van der Waals surface area contributed by atoms with E-state index in [0.717, 1.165) is 11.1 Å². The van der Waals surface area contributed by atoms with Gasteiger partial charge in [0.25, 0.3) is 5.69 Å². The summed E-state index contributed by atoms with van der Waals surface area (Å²) in [4.78, 5) is 25.1. The molecule has 27 heavy (non-hydrogen) atoms. The molecule has 0 bridgehead atoms. The number of hydrogen-bond acceptors (Lipinski definition) is 5. The van der Waals surface area contributed by atoms with Gasteiger partial charge in [-0.25, -0.2) is 4.79 Å². The van der Waals surface area contributed by atoms with Crippen LogP contribution in [0, 0.1) is 10.1 Å². The van der Waals surface area contributed by atoms with Crippen molar-refractivity contribution in [2.75, 3.05) is 13.1 Å². The Kier molecular flexibility index (Phi) is 4.66. The molecule has 1 amide bonds. The highest BCUT2D eigenvalue weighted by Gasteiger charge is 2.34. The summed E-state index contributed by atoms with van der Waals surface area (Å²) in [6, 6.07) is 3.40. The first-order valence-corrected chi connectivity index (χ1v) is 9.13. The molecule has 0 saturated heterocycles. The van der Waals surface area contributed by atoms with Crippen LogP contribution in [-0.2, 0) is 11.2 Å². The van der Waals surface area contributed by atoms with Gasteiger partial charge in [0.05, 0.1) is 10.5 Å². The van der Waals surface area contributed by atoms with Gasteiger partial charge < -0.3 is 14.4 Å². The number of benzene rings is 1. The topological polar surface area (TPSA) is 81.9 Å². The van der Waals surface area contributed by atoms with Crippen molar-refractivity contribution in [1.29, 1.82) is 0 Å². The van der Waals surface area contributed by atoms with Crippen LogP contribution >= 0.6 is 0 Å². The highest BCUT2D eigenvalue weighted by Crippen LogP contribution is 2.42. The molecular formula is C20H26N2O5. The highest BCUT2D eigenvalue weighted by atomic mass is 16.6. The van der Waals surface area contributed by atoms with E-state index in [1.54, 1.807) is 17.0 Å². The molecule has 0 aliphatic carbocycles. The largest absolute Gasteiger partial charge is 0.487 e. The van der Waals surface area contributed by atoms with Crippen molar-refractivity contribution in [1.82, 2.24) is 4.90 Å². The second-order valence-electron chi connectivity index (χ2n) is 8.68. The minimum absolute atomic E-state index is 0.0898. The van der Waals surface area contributed by atoms with Crippen molar-refractivity contribution in [3.63, 3.8) is 0 Å². The number of carbonyl (C=O) groups is 1. The molecule has 0 radical (unpaired) electrons. The summed E-state index contributed by atoms with van der Waals surface area (Å²) in [5, 5.41) is 11.6. The second kappa shape index (κ2) is 6.55. The smallest absolute Gasteiger partial charge is 0.410 e. The first kappa shape index (κ1) is 19.2. The maximum Gasteiger partial charge on any atom is 0.410 e. The molecule has 2 heterocycles. The number of carbonyl (C=O) groups excluding carboxylic acids is 1. The van der Waals surface area contributed by atoms with E-state index in [0.29, 0.717) is 37.2 Å². The highest BCUT2D eigenvalue weighted by molar-refractivity contribution is 5.78. The van der Waals surface area contributed by atoms with Gasteiger partial charge in [0.1, 0.15) is 17.0 Å². The number of hydrogen-bond donors (Lipinski definition) is 0. The SMILES string of the molecule is CC(C)(C)OC(=O)N1CC=C(c2cc3c(cc2[N+](=O)[O-])CC(C)(C)O3)CC1. The molecule has 2 aliphatic heterocycles. The van der Waals surface area contributed by atoms with Gasteiger partial charge in [0.15, 0.2) is 0 Å². The minimum atomic E-state index is -0.552. The normalized spacial score (nSPS) is 18.4. The van der Waals surface area contributed by atoms with Crippen LogP contribution in [0.25, 0.3) is 5.57 Å². The lowest BCUT2D eigenvalue weighted by atomic mass is 9.94. The molecule has 146 valence electrons. The zero-order valence-electron chi connectivity index (χ0n) is 16.5. The average molecular weight is 374 g/mol. The fourth-order valence-electron chi connectivity index (χ4n) is 3.45. The lowest BCUT2D eigenvalue weighted by Crippen LogP contribution is -2.39. The van der Waals surface area contributed by atoms with Crippen molar-refractivity contribution >= 4 is 17.4 Å². The van der Waals surface area contributed by atoms with Gasteiger partial charge in [-0.3, -0.25) is 10.1 Å². The first-order valence-electron chi connectivity index (χ1n) is 9.13. The van der Waals surface area contributed by atoms with Crippen molar-refractivity contribution < 1.29 is 19.2 Å². The predicted molar refractivity (Wildman–Crippen MR) is 102 cm³/mol. The Hall–Kier alpha value is -2.57. The summed E-state index contributed by atoms with van der Waals surface area (Å²) in [6.07, 6.45) is 2.67. The number of fused-ring (bicyclic) bond motifs is 1.